The van der Waals surface area contributed by atoms with E-state index in [-0.39, 0.29) is 23.3 Å². The van der Waals surface area contributed by atoms with Gasteiger partial charge < -0.3 is 4.90 Å². The standard InChI is InChI=1S/C22H19FN4O3S/c1-3-25-17-10-9-14(23)11-16(17)22(21(25)30)26(19(28)13-31-22)18-12-24(2)27(20(18)29)15-7-5-4-6-8-15/h4-12H,3,13H2,1-2H3. The Balaban J connectivity index is 1.75. The summed E-state index contributed by atoms with van der Waals surface area (Å²) in [5.41, 5.74) is 1.24. The van der Waals surface area contributed by atoms with Gasteiger partial charge in [0.15, 0.2) is 0 Å². The fraction of sp³-hybridized carbons (Fsp3) is 0.227. The molecule has 1 saturated heterocycles. The fourth-order valence-corrected chi connectivity index (χ4v) is 5.77. The average molecular weight is 438 g/mol. The number of carbonyl (C=O) groups excluding carboxylic acids is 2. The molecule has 1 fully saturated rings. The van der Waals surface area contributed by atoms with Crippen LogP contribution in [-0.4, -0.2) is 33.5 Å². The number of anilines is 2. The van der Waals surface area contributed by atoms with E-state index in [1.165, 1.54) is 26.6 Å². The molecule has 1 atom stereocenters. The number of amides is 2. The Morgan fingerprint density at radius 1 is 1.06 bits per heavy atom. The van der Waals surface area contributed by atoms with Crippen molar-refractivity contribution in [3.8, 4) is 5.69 Å². The number of nitrogens with zero attached hydrogens (tertiary/aromatic N) is 4. The van der Waals surface area contributed by atoms with Gasteiger partial charge in [-0.2, -0.15) is 0 Å². The Kier molecular flexibility index (Phi) is 4.33. The first-order valence-electron chi connectivity index (χ1n) is 9.83. The zero-order valence-electron chi connectivity index (χ0n) is 16.9. The topological polar surface area (TPSA) is 67.6 Å². The number of aromatic nitrogens is 2. The van der Waals surface area contributed by atoms with Crippen LogP contribution in [0.25, 0.3) is 5.69 Å². The minimum atomic E-state index is -1.50. The molecular weight excluding hydrogens is 419 g/mol. The van der Waals surface area contributed by atoms with Crippen LogP contribution in [-0.2, 0) is 21.5 Å². The highest BCUT2D eigenvalue weighted by Gasteiger charge is 2.61. The predicted molar refractivity (Wildman–Crippen MR) is 117 cm³/mol. The molecule has 3 heterocycles. The van der Waals surface area contributed by atoms with Crippen molar-refractivity contribution >= 4 is 35.0 Å². The lowest BCUT2D eigenvalue weighted by molar-refractivity contribution is -0.123. The summed E-state index contributed by atoms with van der Waals surface area (Å²) in [7, 11) is 1.70. The van der Waals surface area contributed by atoms with Crippen molar-refractivity contribution in [1.29, 1.82) is 0 Å². The van der Waals surface area contributed by atoms with Crippen molar-refractivity contribution in [1.82, 2.24) is 9.36 Å². The van der Waals surface area contributed by atoms with Gasteiger partial charge in [-0.3, -0.25) is 24.0 Å². The second kappa shape index (κ2) is 6.84. The zero-order chi connectivity index (χ0) is 21.9. The first kappa shape index (κ1) is 19.6. The molecule has 9 heteroatoms. The third kappa shape index (κ3) is 2.56. The predicted octanol–water partition coefficient (Wildman–Crippen LogP) is 2.61. The van der Waals surface area contributed by atoms with E-state index in [2.05, 4.69) is 0 Å². The van der Waals surface area contributed by atoms with Crippen LogP contribution < -0.4 is 15.4 Å². The lowest BCUT2D eigenvalue weighted by Gasteiger charge is -2.31. The van der Waals surface area contributed by atoms with Crippen LogP contribution in [0.4, 0.5) is 15.8 Å². The van der Waals surface area contributed by atoms with E-state index in [1.54, 1.807) is 36.1 Å². The van der Waals surface area contributed by atoms with Crippen LogP contribution in [0.3, 0.4) is 0 Å². The highest BCUT2D eigenvalue weighted by molar-refractivity contribution is 8.02. The summed E-state index contributed by atoms with van der Waals surface area (Å²) >= 11 is 1.12. The van der Waals surface area contributed by atoms with Crippen molar-refractivity contribution in [2.75, 3.05) is 22.1 Å². The molecule has 2 amide bonds. The second-order valence-electron chi connectivity index (χ2n) is 7.41. The summed E-state index contributed by atoms with van der Waals surface area (Å²) in [6.07, 6.45) is 1.54. The van der Waals surface area contributed by atoms with Gasteiger partial charge in [-0.05, 0) is 37.3 Å². The van der Waals surface area contributed by atoms with Gasteiger partial charge in [0.05, 0.1) is 23.3 Å². The molecule has 0 radical (unpaired) electrons. The Morgan fingerprint density at radius 3 is 2.52 bits per heavy atom. The number of para-hydroxylation sites is 1. The molecular formula is C22H19FN4O3S. The monoisotopic (exact) mass is 438 g/mol. The Labute approximate surface area is 181 Å². The highest BCUT2D eigenvalue weighted by atomic mass is 32.2. The van der Waals surface area contributed by atoms with Crippen molar-refractivity contribution in [3.63, 3.8) is 0 Å². The fourth-order valence-electron chi connectivity index (χ4n) is 4.43. The van der Waals surface area contributed by atoms with Crippen molar-refractivity contribution in [3.05, 3.63) is 76.5 Å². The van der Waals surface area contributed by atoms with Crippen molar-refractivity contribution < 1.29 is 14.0 Å². The van der Waals surface area contributed by atoms with E-state index in [9.17, 15) is 18.8 Å². The van der Waals surface area contributed by atoms with Crippen LogP contribution in [0.5, 0.6) is 0 Å². The number of benzene rings is 2. The lowest BCUT2D eigenvalue weighted by atomic mass is 10.0. The van der Waals surface area contributed by atoms with Gasteiger partial charge in [0.2, 0.25) is 10.8 Å². The summed E-state index contributed by atoms with van der Waals surface area (Å²) < 4.78 is 17.3. The lowest BCUT2D eigenvalue weighted by Crippen LogP contribution is -2.51. The smallest absolute Gasteiger partial charge is 0.295 e. The number of aryl methyl sites for hydroxylation is 1. The van der Waals surface area contributed by atoms with Crippen LogP contribution in [0, 0.1) is 5.82 Å². The minimum absolute atomic E-state index is 0.0128. The van der Waals surface area contributed by atoms with Gasteiger partial charge in [-0.1, -0.05) is 18.2 Å². The number of likely N-dealkylation sites (N-methyl/N-ethyl adjacent to an activating group) is 1. The van der Waals surface area contributed by atoms with Gasteiger partial charge in [-0.25, -0.2) is 9.07 Å². The van der Waals surface area contributed by atoms with Gasteiger partial charge >= 0.3 is 0 Å². The average Bonchev–Trinajstić information content (AvgIpc) is 3.33. The molecule has 31 heavy (non-hydrogen) atoms. The molecule has 158 valence electrons. The maximum absolute atomic E-state index is 14.2. The number of rotatable bonds is 3. The number of fused-ring (bicyclic) bond motifs is 2. The molecule has 5 rings (SSSR count). The van der Waals surface area contributed by atoms with E-state index in [1.807, 2.05) is 25.1 Å². The van der Waals surface area contributed by atoms with E-state index in [0.717, 1.165) is 11.8 Å². The first-order chi connectivity index (χ1) is 14.9. The van der Waals surface area contributed by atoms with Gasteiger partial charge in [0.25, 0.3) is 11.5 Å². The van der Waals surface area contributed by atoms with E-state index in [0.29, 0.717) is 23.5 Å². The van der Waals surface area contributed by atoms with E-state index < -0.39 is 16.2 Å². The Morgan fingerprint density at radius 2 is 1.81 bits per heavy atom. The highest BCUT2D eigenvalue weighted by Crippen LogP contribution is 2.55. The van der Waals surface area contributed by atoms with Crippen molar-refractivity contribution in [2.24, 2.45) is 7.05 Å². The van der Waals surface area contributed by atoms with E-state index in [4.69, 9.17) is 0 Å². The Bertz CT molecular complexity index is 1290. The summed E-state index contributed by atoms with van der Waals surface area (Å²) in [6.45, 7) is 2.19. The molecule has 2 aliphatic heterocycles. The number of halogens is 1. The van der Waals surface area contributed by atoms with Gasteiger partial charge in [-0.15, -0.1) is 11.8 Å². The number of hydrogen-bond donors (Lipinski definition) is 0. The number of thioether (sulfide) groups is 1. The third-order valence-electron chi connectivity index (χ3n) is 5.71. The summed E-state index contributed by atoms with van der Waals surface area (Å²) in [5.74, 6) is -1.20. The minimum Gasteiger partial charge on any atom is -0.309 e. The number of carbonyl (C=O) groups is 2. The van der Waals surface area contributed by atoms with E-state index >= 15 is 0 Å². The van der Waals surface area contributed by atoms with Gasteiger partial charge in [0, 0.05) is 19.2 Å². The normalized spacial score (nSPS) is 20.2. The zero-order valence-corrected chi connectivity index (χ0v) is 17.7. The molecule has 0 saturated carbocycles. The number of hydrogen-bond acceptors (Lipinski definition) is 4. The quantitative estimate of drug-likeness (QED) is 0.631. The summed E-state index contributed by atoms with van der Waals surface area (Å²) in [4.78, 5) is 41.4. The summed E-state index contributed by atoms with van der Waals surface area (Å²) in [6, 6.07) is 13.2. The first-order valence-corrected chi connectivity index (χ1v) is 10.8. The van der Waals surface area contributed by atoms with Gasteiger partial charge in [0.1, 0.15) is 11.5 Å². The molecule has 1 unspecified atom stereocenters. The van der Waals surface area contributed by atoms with Crippen LogP contribution in [0.15, 0.2) is 59.5 Å². The molecule has 1 spiro atoms. The second-order valence-corrected chi connectivity index (χ2v) is 8.58. The largest absolute Gasteiger partial charge is 0.309 e. The molecule has 0 bridgehead atoms. The molecule has 0 aliphatic carbocycles. The Hall–Kier alpha value is -3.33. The molecule has 2 aliphatic rings. The van der Waals surface area contributed by atoms with Crippen LogP contribution in [0.2, 0.25) is 0 Å². The molecule has 0 N–H and O–H groups in total. The van der Waals surface area contributed by atoms with Crippen LogP contribution in [0.1, 0.15) is 12.5 Å². The van der Waals surface area contributed by atoms with Crippen molar-refractivity contribution in [2.45, 2.75) is 11.8 Å². The SMILES string of the molecule is CCN1C(=O)C2(SCC(=O)N2c2cn(C)n(-c3ccccc3)c2=O)c2cc(F)ccc21. The third-order valence-corrected chi connectivity index (χ3v) is 7.10. The maximum atomic E-state index is 14.2. The molecule has 2 aromatic carbocycles. The molecule has 7 nitrogen and oxygen atoms in total. The molecule has 1 aromatic heterocycles. The molecule has 3 aromatic rings. The maximum Gasteiger partial charge on any atom is 0.295 e. The summed E-state index contributed by atoms with van der Waals surface area (Å²) in [5, 5.41) is 0. The van der Waals surface area contributed by atoms with Crippen LogP contribution >= 0.6 is 11.8 Å².